The highest BCUT2D eigenvalue weighted by atomic mass is 127. The van der Waals surface area contributed by atoms with Gasteiger partial charge in [-0.05, 0) is 71.8 Å². The van der Waals surface area contributed by atoms with Gasteiger partial charge in [0.1, 0.15) is 0 Å². The van der Waals surface area contributed by atoms with Crippen molar-refractivity contribution in [2.45, 2.75) is 46.1 Å². The monoisotopic (exact) mass is 464 g/mol. The van der Waals surface area contributed by atoms with E-state index >= 15 is 0 Å². The lowest BCUT2D eigenvalue weighted by molar-refractivity contribution is 0.223. The number of aryl methyl sites for hydroxylation is 1. The van der Waals surface area contributed by atoms with E-state index in [0.29, 0.717) is 6.04 Å². The molecule has 1 aromatic rings. The molecular weight excluding hydrogens is 431 g/mol. The van der Waals surface area contributed by atoms with Crippen LogP contribution in [0.15, 0.2) is 17.1 Å². The van der Waals surface area contributed by atoms with Crippen LogP contribution in [0.3, 0.4) is 0 Å². The molecule has 1 saturated heterocycles. The van der Waals surface area contributed by atoms with E-state index in [1.165, 1.54) is 35.7 Å². The SMILES string of the molecule is CCNC(=NCC1CCN(C)CC1)NC(C)Cc1ccc(C)s1.I. The lowest BCUT2D eigenvalue weighted by Gasteiger charge is -2.28. The van der Waals surface area contributed by atoms with Gasteiger partial charge in [-0.15, -0.1) is 35.3 Å². The van der Waals surface area contributed by atoms with E-state index in [1.807, 2.05) is 11.3 Å². The minimum atomic E-state index is 0. The van der Waals surface area contributed by atoms with Crippen LogP contribution in [0.4, 0.5) is 0 Å². The lowest BCUT2D eigenvalue weighted by atomic mass is 9.97. The summed E-state index contributed by atoms with van der Waals surface area (Å²) in [6.45, 7) is 10.8. The Kier molecular flexibility index (Phi) is 10.2. The molecule has 0 amide bonds. The zero-order chi connectivity index (χ0) is 16.7. The number of hydrogen-bond acceptors (Lipinski definition) is 3. The molecule has 2 N–H and O–H groups in total. The van der Waals surface area contributed by atoms with Gasteiger partial charge >= 0.3 is 0 Å². The van der Waals surface area contributed by atoms with Gasteiger partial charge in [-0.3, -0.25) is 4.99 Å². The minimum absolute atomic E-state index is 0. The summed E-state index contributed by atoms with van der Waals surface area (Å²) >= 11 is 1.89. The van der Waals surface area contributed by atoms with Gasteiger partial charge in [0.05, 0.1) is 0 Å². The van der Waals surface area contributed by atoms with Crippen LogP contribution in [0.25, 0.3) is 0 Å². The summed E-state index contributed by atoms with van der Waals surface area (Å²) in [6, 6.07) is 4.83. The van der Waals surface area contributed by atoms with E-state index < -0.39 is 0 Å². The summed E-state index contributed by atoms with van der Waals surface area (Å²) in [5.41, 5.74) is 0. The van der Waals surface area contributed by atoms with E-state index in [4.69, 9.17) is 4.99 Å². The van der Waals surface area contributed by atoms with Gasteiger partial charge in [0.25, 0.3) is 0 Å². The molecule has 1 atom stereocenters. The second-order valence-electron chi connectivity index (χ2n) is 6.73. The molecule has 6 heteroatoms. The van der Waals surface area contributed by atoms with Crippen LogP contribution < -0.4 is 10.6 Å². The van der Waals surface area contributed by atoms with Crippen LogP contribution in [-0.2, 0) is 6.42 Å². The number of piperidine rings is 1. The molecule has 2 heterocycles. The smallest absolute Gasteiger partial charge is 0.191 e. The molecule has 0 saturated carbocycles. The number of halogens is 1. The van der Waals surface area contributed by atoms with E-state index in [9.17, 15) is 0 Å². The number of rotatable bonds is 6. The van der Waals surface area contributed by atoms with Crippen molar-refractivity contribution in [3.05, 3.63) is 21.9 Å². The fourth-order valence-corrected chi connectivity index (χ4v) is 3.99. The van der Waals surface area contributed by atoms with Crippen molar-refractivity contribution in [1.82, 2.24) is 15.5 Å². The van der Waals surface area contributed by atoms with Crippen molar-refractivity contribution in [3.63, 3.8) is 0 Å². The maximum Gasteiger partial charge on any atom is 0.191 e. The molecule has 2 rings (SSSR count). The third-order valence-electron chi connectivity index (χ3n) is 4.38. The summed E-state index contributed by atoms with van der Waals surface area (Å²) in [4.78, 5) is 10.1. The molecular formula is C18H33IN4S. The molecule has 0 aromatic carbocycles. The number of thiophene rings is 1. The van der Waals surface area contributed by atoms with Crippen molar-refractivity contribution in [2.24, 2.45) is 10.9 Å². The first-order valence-electron chi connectivity index (χ1n) is 8.85. The number of likely N-dealkylation sites (tertiary alicyclic amines) is 1. The van der Waals surface area contributed by atoms with E-state index in [2.05, 4.69) is 55.5 Å². The summed E-state index contributed by atoms with van der Waals surface area (Å²) < 4.78 is 0. The van der Waals surface area contributed by atoms with Gasteiger partial charge in [0.2, 0.25) is 0 Å². The second kappa shape index (κ2) is 11.3. The predicted molar refractivity (Wildman–Crippen MR) is 117 cm³/mol. The molecule has 1 unspecified atom stereocenters. The van der Waals surface area contributed by atoms with Gasteiger partial charge in [0.15, 0.2) is 5.96 Å². The molecule has 4 nitrogen and oxygen atoms in total. The molecule has 0 bridgehead atoms. The van der Waals surface area contributed by atoms with Crippen molar-refractivity contribution in [1.29, 1.82) is 0 Å². The average Bonchev–Trinajstić information content (AvgIpc) is 2.91. The third-order valence-corrected chi connectivity index (χ3v) is 5.40. The summed E-state index contributed by atoms with van der Waals surface area (Å²) in [6.07, 6.45) is 3.59. The summed E-state index contributed by atoms with van der Waals surface area (Å²) in [5.74, 6) is 1.70. The Morgan fingerprint density at radius 2 is 2.08 bits per heavy atom. The normalized spacial score (nSPS) is 18.1. The van der Waals surface area contributed by atoms with Gasteiger partial charge in [-0.25, -0.2) is 0 Å². The van der Waals surface area contributed by atoms with Crippen molar-refractivity contribution in [2.75, 3.05) is 33.2 Å². The predicted octanol–water partition coefficient (Wildman–Crippen LogP) is 3.50. The molecule has 0 radical (unpaired) electrons. The Hall–Kier alpha value is -0.340. The molecule has 1 aliphatic heterocycles. The topological polar surface area (TPSA) is 39.7 Å². The number of hydrogen-bond donors (Lipinski definition) is 2. The molecule has 1 aromatic heterocycles. The standard InChI is InChI=1S/C18H32N4S.HI/c1-5-19-18(20-13-16-8-10-22(4)11-9-16)21-14(2)12-17-7-6-15(3)23-17;/h6-7,14,16H,5,8-13H2,1-4H3,(H2,19,20,21);1H. The Labute approximate surface area is 168 Å². The first-order chi connectivity index (χ1) is 11.1. The molecule has 24 heavy (non-hydrogen) atoms. The highest BCUT2D eigenvalue weighted by Crippen LogP contribution is 2.17. The van der Waals surface area contributed by atoms with E-state index in [-0.39, 0.29) is 24.0 Å². The quantitative estimate of drug-likeness (QED) is 0.385. The second-order valence-corrected chi connectivity index (χ2v) is 8.10. The number of aliphatic imine (C=N–C) groups is 1. The highest BCUT2D eigenvalue weighted by Gasteiger charge is 2.16. The van der Waals surface area contributed by atoms with Gasteiger partial charge < -0.3 is 15.5 Å². The Balaban J connectivity index is 0.00000288. The molecule has 1 aliphatic rings. The van der Waals surface area contributed by atoms with Gasteiger partial charge in [-0.1, -0.05) is 0 Å². The van der Waals surface area contributed by atoms with Gasteiger partial charge in [0, 0.05) is 35.3 Å². The number of guanidine groups is 1. The largest absolute Gasteiger partial charge is 0.357 e. The van der Waals surface area contributed by atoms with Crippen LogP contribution >= 0.6 is 35.3 Å². The zero-order valence-corrected chi connectivity index (χ0v) is 18.6. The first-order valence-corrected chi connectivity index (χ1v) is 9.67. The molecule has 0 aliphatic carbocycles. The molecule has 1 fully saturated rings. The number of nitrogens with one attached hydrogen (secondary N) is 2. The first kappa shape index (κ1) is 21.7. The third kappa shape index (κ3) is 7.70. The van der Waals surface area contributed by atoms with Crippen LogP contribution in [0.2, 0.25) is 0 Å². The van der Waals surface area contributed by atoms with Crippen LogP contribution in [0, 0.1) is 12.8 Å². The lowest BCUT2D eigenvalue weighted by Crippen LogP contribution is -2.43. The van der Waals surface area contributed by atoms with Crippen LogP contribution in [-0.4, -0.2) is 50.1 Å². The summed E-state index contributed by atoms with van der Waals surface area (Å²) in [5, 5.41) is 6.94. The molecule has 138 valence electrons. The zero-order valence-electron chi connectivity index (χ0n) is 15.5. The van der Waals surface area contributed by atoms with Crippen molar-refractivity contribution >= 4 is 41.3 Å². The highest BCUT2D eigenvalue weighted by molar-refractivity contribution is 14.0. The van der Waals surface area contributed by atoms with Crippen LogP contribution in [0.5, 0.6) is 0 Å². The van der Waals surface area contributed by atoms with Crippen LogP contribution in [0.1, 0.15) is 36.4 Å². The van der Waals surface area contributed by atoms with Crippen molar-refractivity contribution in [3.8, 4) is 0 Å². The van der Waals surface area contributed by atoms with E-state index in [1.54, 1.807) is 0 Å². The summed E-state index contributed by atoms with van der Waals surface area (Å²) in [7, 11) is 2.21. The maximum atomic E-state index is 4.83. The Morgan fingerprint density at radius 1 is 1.38 bits per heavy atom. The average molecular weight is 464 g/mol. The van der Waals surface area contributed by atoms with Crippen molar-refractivity contribution < 1.29 is 0 Å². The number of nitrogens with zero attached hydrogens (tertiary/aromatic N) is 2. The fraction of sp³-hybridized carbons (Fsp3) is 0.722. The van der Waals surface area contributed by atoms with Gasteiger partial charge in [-0.2, -0.15) is 0 Å². The molecule has 0 spiro atoms. The Bertz CT molecular complexity index is 495. The van der Waals surface area contributed by atoms with E-state index in [0.717, 1.165) is 31.4 Å². The maximum absolute atomic E-state index is 4.83. The Morgan fingerprint density at radius 3 is 2.67 bits per heavy atom. The minimum Gasteiger partial charge on any atom is -0.357 e. The fourth-order valence-electron chi connectivity index (χ4n) is 2.97.